The second-order valence-electron chi connectivity index (χ2n) is 7.04. The molecule has 0 unspecified atom stereocenters. The highest BCUT2D eigenvalue weighted by Crippen LogP contribution is 2.35. The topological polar surface area (TPSA) is 63.9 Å². The van der Waals surface area contributed by atoms with Crippen molar-refractivity contribution in [3.8, 4) is 11.5 Å². The van der Waals surface area contributed by atoms with Crippen LogP contribution in [0, 0.1) is 0 Å². The van der Waals surface area contributed by atoms with Crippen molar-refractivity contribution in [2.75, 3.05) is 51.0 Å². The molecule has 6 nitrogen and oxygen atoms in total. The fraction of sp³-hybridized carbons (Fsp3) is 0.318. The van der Waals surface area contributed by atoms with Crippen LogP contribution in [-0.2, 0) is 6.54 Å². The van der Waals surface area contributed by atoms with Crippen molar-refractivity contribution >= 4 is 22.4 Å². The van der Waals surface area contributed by atoms with E-state index in [4.69, 9.17) is 20.2 Å². The van der Waals surface area contributed by atoms with Gasteiger partial charge in [0.1, 0.15) is 5.82 Å². The third kappa shape index (κ3) is 3.68. The molecule has 0 bridgehead atoms. The number of piperazine rings is 1. The fourth-order valence-corrected chi connectivity index (χ4v) is 3.70. The van der Waals surface area contributed by atoms with Crippen LogP contribution in [0.1, 0.15) is 5.56 Å². The van der Waals surface area contributed by atoms with Gasteiger partial charge in [-0.05, 0) is 11.6 Å². The molecule has 4 rings (SSSR count). The van der Waals surface area contributed by atoms with Gasteiger partial charge in [0.15, 0.2) is 11.5 Å². The van der Waals surface area contributed by atoms with Gasteiger partial charge in [-0.3, -0.25) is 4.90 Å². The van der Waals surface area contributed by atoms with E-state index in [2.05, 4.69) is 40.1 Å². The molecule has 0 amide bonds. The van der Waals surface area contributed by atoms with Crippen molar-refractivity contribution in [1.29, 1.82) is 0 Å². The number of hydrogen-bond acceptors (Lipinski definition) is 6. The average Bonchev–Trinajstić information content (AvgIpc) is 2.74. The smallest absolute Gasteiger partial charge is 0.162 e. The van der Waals surface area contributed by atoms with E-state index < -0.39 is 0 Å². The van der Waals surface area contributed by atoms with Crippen LogP contribution < -0.4 is 20.1 Å². The van der Waals surface area contributed by atoms with Crippen LogP contribution in [0.25, 0.3) is 10.9 Å². The molecule has 28 heavy (non-hydrogen) atoms. The summed E-state index contributed by atoms with van der Waals surface area (Å²) in [7, 11) is 3.25. The number of rotatable bonds is 5. The Hall–Kier alpha value is -2.99. The summed E-state index contributed by atoms with van der Waals surface area (Å²) in [5.41, 5.74) is 9.21. The number of hydrogen-bond donors (Lipinski definition) is 1. The Kier molecular flexibility index (Phi) is 5.21. The molecule has 0 aliphatic carbocycles. The van der Waals surface area contributed by atoms with Crippen LogP contribution in [0.5, 0.6) is 11.5 Å². The molecular weight excluding hydrogens is 352 g/mol. The summed E-state index contributed by atoms with van der Waals surface area (Å²) in [6, 6.07) is 16.3. The lowest BCUT2D eigenvalue weighted by Gasteiger charge is -2.35. The molecule has 2 heterocycles. The van der Waals surface area contributed by atoms with Gasteiger partial charge in [-0.1, -0.05) is 30.3 Å². The zero-order valence-electron chi connectivity index (χ0n) is 16.4. The van der Waals surface area contributed by atoms with Gasteiger partial charge in [-0.2, -0.15) is 0 Å². The first-order chi connectivity index (χ1) is 13.7. The van der Waals surface area contributed by atoms with E-state index in [0.717, 1.165) is 49.4 Å². The van der Waals surface area contributed by atoms with Gasteiger partial charge in [-0.15, -0.1) is 0 Å². The molecule has 0 radical (unpaired) electrons. The average molecular weight is 378 g/mol. The number of pyridine rings is 1. The second kappa shape index (κ2) is 7.94. The van der Waals surface area contributed by atoms with Crippen molar-refractivity contribution in [3.63, 3.8) is 0 Å². The first-order valence-electron chi connectivity index (χ1n) is 9.51. The summed E-state index contributed by atoms with van der Waals surface area (Å²) in [4.78, 5) is 9.62. The maximum atomic E-state index is 6.33. The SMILES string of the molecule is COc1cc2nc(N3CCN(Cc4ccccc4)CC3)cc(N)c2cc1OC. The molecule has 1 aliphatic heterocycles. The number of nitrogens with zero attached hydrogens (tertiary/aromatic N) is 3. The number of nitrogens with two attached hydrogens (primary N) is 1. The predicted octanol–water partition coefficient (Wildman–Crippen LogP) is 3.16. The van der Waals surface area contributed by atoms with Gasteiger partial charge in [0.05, 0.1) is 19.7 Å². The highest BCUT2D eigenvalue weighted by molar-refractivity contribution is 5.94. The van der Waals surface area contributed by atoms with Crippen LogP contribution in [0.4, 0.5) is 11.5 Å². The van der Waals surface area contributed by atoms with E-state index in [1.807, 2.05) is 18.2 Å². The number of ether oxygens (including phenoxy) is 2. The molecular formula is C22H26N4O2. The summed E-state index contributed by atoms with van der Waals surface area (Å²) < 4.78 is 10.8. The zero-order valence-corrected chi connectivity index (χ0v) is 16.4. The lowest BCUT2D eigenvalue weighted by atomic mass is 10.1. The van der Waals surface area contributed by atoms with Crippen LogP contribution in [0.15, 0.2) is 48.5 Å². The second-order valence-corrected chi connectivity index (χ2v) is 7.04. The van der Waals surface area contributed by atoms with Crippen molar-refractivity contribution in [3.05, 3.63) is 54.1 Å². The maximum absolute atomic E-state index is 6.33. The largest absolute Gasteiger partial charge is 0.493 e. The van der Waals surface area contributed by atoms with Gasteiger partial charge in [0.2, 0.25) is 0 Å². The normalized spacial score (nSPS) is 15.0. The molecule has 1 aromatic heterocycles. The molecule has 6 heteroatoms. The number of fused-ring (bicyclic) bond motifs is 1. The predicted molar refractivity (Wildman–Crippen MR) is 113 cm³/mol. The van der Waals surface area contributed by atoms with Gasteiger partial charge in [-0.25, -0.2) is 4.98 Å². The highest BCUT2D eigenvalue weighted by Gasteiger charge is 2.20. The Bertz CT molecular complexity index is 954. The number of anilines is 2. The third-order valence-electron chi connectivity index (χ3n) is 5.28. The lowest BCUT2D eigenvalue weighted by Crippen LogP contribution is -2.46. The van der Waals surface area contributed by atoms with Crippen molar-refractivity contribution in [1.82, 2.24) is 9.88 Å². The minimum atomic E-state index is 0.658. The molecule has 2 aromatic carbocycles. The Morgan fingerprint density at radius 2 is 1.61 bits per heavy atom. The first kappa shape index (κ1) is 18.4. The van der Waals surface area contributed by atoms with Crippen molar-refractivity contribution in [2.45, 2.75) is 6.54 Å². The van der Waals surface area contributed by atoms with Crippen molar-refractivity contribution < 1.29 is 9.47 Å². The van der Waals surface area contributed by atoms with Gasteiger partial charge in [0, 0.05) is 55.9 Å². The summed E-state index contributed by atoms with van der Waals surface area (Å²) in [5.74, 6) is 2.23. The van der Waals surface area contributed by atoms with E-state index in [0.29, 0.717) is 17.2 Å². The quantitative estimate of drug-likeness (QED) is 0.736. The first-order valence-corrected chi connectivity index (χ1v) is 9.51. The highest BCUT2D eigenvalue weighted by atomic mass is 16.5. The van der Waals surface area contributed by atoms with Crippen molar-refractivity contribution in [2.24, 2.45) is 0 Å². The van der Waals surface area contributed by atoms with E-state index >= 15 is 0 Å². The minimum absolute atomic E-state index is 0.658. The third-order valence-corrected chi connectivity index (χ3v) is 5.28. The molecule has 0 saturated carbocycles. The molecule has 146 valence electrons. The van der Waals surface area contributed by atoms with Gasteiger partial charge in [0.25, 0.3) is 0 Å². The van der Waals surface area contributed by atoms with Gasteiger partial charge < -0.3 is 20.1 Å². The molecule has 1 saturated heterocycles. The van der Waals surface area contributed by atoms with E-state index in [-0.39, 0.29) is 0 Å². The molecule has 1 fully saturated rings. The summed E-state index contributed by atoms with van der Waals surface area (Å²) in [6.07, 6.45) is 0. The number of nitrogen functional groups attached to an aromatic ring is 1. The van der Waals surface area contributed by atoms with Gasteiger partial charge >= 0.3 is 0 Å². The standard InChI is InChI=1S/C22H26N4O2/c1-27-20-12-17-18(23)13-22(24-19(17)14-21(20)28-2)26-10-8-25(9-11-26)15-16-6-4-3-5-7-16/h3-7,12-14H,8-11,15H2,1-2H3,(H2,23,24). The molecule has 1 aliphatic rings. The Balaban J connectivity index is 1.52. The molecule has 3 aromatic rings. The fourth-order valence-electron chi connectivity index (χ4n) is 3.70. The summed E-state index contributed by atoms with van der Waals surface area (Å²) in [6.45, 7) is 4.84. The van der Waals surface area contributed by atoms with Crippen LogP contribution in [0.3, 0.4) is 0 Å². The number of methoxy groups -OCH3 is 2. The summed E-state index contributed by atoms with van der Waals surface area (Å²) >= 11 is 0. The Labute approximate surface area is 165 Å². The number of aromatic nitrogens is 1. The molecule has 0 spiro atoms. The lowest BCUT2D eigenvalue weighted by molar-refractivity contribution is 0.249. The van der Waals surface area contributed by atoms with E-state index in [9.17, 15) is 0 Å². The van der Waals surface area contributed by atoms with Crippen LogP contribution in [-0.4, -0.2) is 50.3 Å². The van der Waals surface area contributed by atoms with E-state index in [1.54, 1.807) is 14.2 Å². The maximum Gasteiger partial charge on any atom is 0.162 e. The summed E-state index contributed by atoms with van der Waals surface area (Å²) in [5, 5.41) is 0.879. The zero-order chi connectivity index (χ0) is 19.5. The molecule has 2 N–H and O–H groups in total. The monoisotopic (exact) mass is 378 g/mol. The molecule has 0 atom stereocenters. The number of benzene rings is 2. The van der Waals surface area contributed by atoms with Crippen LogP contribution in [0.2, 0.25) is 0 Å². The van der Waals surface area contributed by atoms with Crippen LogP contribution >= 0.6 is 0 Å². The van der Waals surface area contributed by atoms with E-state index in [1.165, 1.54) is 5.56 Å². The Morgan fingerprint density at radius 3 is 2.29 bits per heavy atom. The Morgan fingerprint density at radius 1 is 0.929 bits per heavy atom. The minimum Gasteiger partial charge on any atom is -0.493 e.